The number of thiocarbonyl (C=S) groups is 1. The van der Waals surface area contributed by atoms with Gasteiger partial charge in [0.25, 0.3) is 5.91 Å². The Bertz CT molecular complexity index is 870. The van der Waals surface area contributed by atoms with Crippen molar-refractivity contribution in [1.29, 1.82) is 0 Å². The first-order chi connectivity index (χ1) is 12.3. The number of hydrogen-bond acceptors (Lipinski definition) is 4. The number of carbonyl (C=O) groups is 2. The third kappa shape index (κ3) is 4.93. The maximum atomic E-state index is 12.3. The first-order valence-electron chi connectivity index (χ1n) is 7.70. The highest BCUT2D eigenvalue weighted by Gasteiger charge is 2.12. The van der Waals surface area contributed by atoms with Gasteiger partial charge in [0.15, 0.2) is 5.11 Å². The zero-order valence-corrected chi connectivity index (χ0v) is 15.7. The number of carboxylic acid groups (broad SMARTS) is 1. The lowest BCUT2D eigenvalue weighted by Gasteiger charge is -2.13. The Labute approximate surface area is 161 Å². The molecule has 2 rings (SSSR count). The number of carbonyl (C=O) groups excluding carboxylic acids is 1. The van der Waals surface area contributed by atoms with Crippen LogP contribution in [0.5, 0.6) is 5.75 Å². The number of aryl methyl sites for hydroxylation is 1. The van der Waals surface area contributed by atoms with Crippen molar-refractivity contribution in [3.63, 3.8) is 0 Å². The van der Waals surface area contributed by atoms with Gasteiger partial charge in [-0.2, -0.15) is 0 Å². The Hall–Kier alpha value is -2.64. The second kappa shape index (κ2) is 8.64. The molecule has 0 saturated carbocycles. The van der Waals surface area contributed by atoms with Gasteiger partial charge in [0.2, 0.25) is 0 Å². The number of halogens is 1. The topological polar surface area (TPSA) is 87.7 Å². The van der Waals surface area contributed by atoms with E-state index < -0.39 is 11.9 Å². The van der Waals surface area contributed by atoms with Crippen molar-refractivity contribution in [2.24, 2.45) is 0 Å². The van der Waals surface area contributed by atoms with Gasteiger partial charge in [-0.25, -0.2) is 4.79 Å². The summed E-state index contributed by atoms with van der Waals surface area (Å²) in [6, 6.07) is 9.27. The Morgan fingerprint density at radius 3 is 2.50 bits per heavy atom. The summed E-state index contributed by atoms with van der Waals surface area (Å²) in [5.41, 5.74) is 1.72. The maximum absolute atomic E-state index is 12.3. The molecule has 0 bridgehead atoms. The van der Waals surface area contributed by atoms with E-state index in [1.54, 1.807) is 25.1 Å². The molecule has 0 radical (unpaired) electrons. The van der Waals surface area contributed by atoms with Gasteiger partial charge in [0, 0.05) is 11.3 Å². The molecule has 3 N–H and O–H groups in total. The first-order valence-corrected chi connectivity index (χ1v) is 8.49. The van der Waals surface area contributed by atoms with Crippen molar-refractivity contribution in [2.45, 2.75) is 13.8 Å². The molecule has 0 aliphatic carbocycles. The predicted molar refractivity (Wildman–Crippen MR) is 104 cm³/mol. The minimum absolute atomic E-state index is 0.0469. The molecule has 0 aliphatic heterocycles. The fourth-order valence-corrected chi connectivity index (χ4v) is 2.57. The molecule has 6 nitrogen and oxygen atoms in total. The van der Waals surface area contributed by atoms with Crippen LogP contribution < -0.4 is 15.4 Å². The number of ether oxygens (including phenoxy) is 1. The summed E-state index contributed by atoms with van der Waals surface area (Å²) >= 11 is 11.2. The molecule has 0 spiro atoms. The van der Waals surface area contributed by atoms with Crippen LogP contribution in [0.25, 0.3) is 0 Å². The highest BCUT2D eigenvalue weighted by molar-refractivity contribution is 7.80. The molecule has 0 atom stereocenters. The number of amides is 1. The number of carboxylic acids is 1. The number of aromatic carboxylic acids is 1. The van der Waals surface area contributed by atoms with E-state index in [-0.39, 0.29) is 10.7 Å². The third-order valence-electron chi connectivity index (χ3n) is 3.45. The summed E-state index contributed by atoms with van der Waals surface area (Å²) < 4.78 is 5.33. The number of anilines is 1. The minimum Gasteiger partial charge on any atom is -0.492 e. The standard InChI is InChI=1S/C18H17ClN2O4S/c1-3-25-15-7-6-11(8-13(15)19)16(22)21-18(26)20-14-9-12(17(23)24)5-4-10(14)2/h4-9H,3H2,1-2H3,(H,23,24)(H2,20,21,22,26). The van der Waals surface area contributed by atoms with Crippen LogP contribution in [-0.2, 0) is 0 Å². The highest BCUT2D eigenvalue weighted by atomic mass is 35.5. The van der Waals surface area contributed by atoms with Crippen LogP contribution in [0, 0.1) is 6.92 Å². The lowest BCUT2D eigenvalue weighted by molar-refractivity contribution is 0.0696. The minimum atomic E-state index is -1.05. The Morgan fingerprint density at radius 2 is 1.88 bits per heavy atom. The molecule has 8 heteroatoms. The van der Waals surface area contributed by atoms with Crippen molar-refractivity contribution < 1.29 is 19.4 Å². The fraction of sp³-hybridized carbons (Fsp3) is 0.167. The van der Waals surface area contributed by atoms with Crippen molar-refractivity contribution in [1.82, 2.24) is 5.32 Å². The third-order valence-corrected chi connectivity index (χ3v) is 3.95. The molecule has 0 heterocycles. The normalized spacial score (nSPS) is 10.1. The lowest BCUT2D eigenvalue weighted by Crippen LogP contribution is -2.34. The summed E-state index contributed by atoms with van der Waals surface area (Å²) in [5, 5.41) is 14.8. The van der Waals surface area contributed by atoms with Crippen LogP contribution in [0.15, 0.2) is 36.4 Å². The number of nitrogens with one attached hydrogen (secondary N) is 2. The Kier molecular flexibility index (Phi) is 6.54. The molecule has 2 aromatic rings. The van der Waals surface area contributed by atoms with Gasteiger partial charge in [-0.05, 0) is 62.0 Å². The van der Waals surface area contributed by atoms with Gasteiger partial charge in [-0.3, -0.25) is 10.1 Å². The zero-order chi connectivity index (χ0) is 19.3. The van der Waals surface area contributed by atoms with Crippen LogP contribution in [0.1, 0.15) is 33.2 Å². The molecular weight excluding hydrogens is 376 g/mol. The average molecular weight is 393 g/mol. The summed E-state index contributed by atoms with van der Waals surface area (Å²) in [6.45, 7) is 4.10. The summed E-state index contributed by atoms with van der Waals surface area (Å²) in [7, 11) is 0. The Morgan fingerprint density at radius 1 is 1.19 bits per heavy atom. The van der Waals surface area contributed by atoms with E-state index in [1.165, 1.54) is 18.2 Å². The van der Waals surface area contributed by atoms with E-state index in [4.69, 9.17) is 33.7 Å². The van der Waals surface area contributed by atoms with Gasteiger partial charge in [-0.1, -0.05) is 17.7 Å². The largest absolute Gasteiger partial charge is 0.492 e. The fourth-order valence-electron chi connectivity index (χ4n) is 2.13. The SMILES string of the molecule is CCOc1ccc(C(=O)NC(=S)Nc2cc(C(=O)O)ccc2C)cc1Cl. The molecular formula is C18H17ClN2O4S. The van der Waals surface area contributed by atoms with Crippen molar-refractivity contribution in [3.05, 3.63) is 58.1 Å². The van der Waals surface area contributed by atoms with E-state index in [1.807, 2.05) is 6.92 Å². The zero-order valence-electron chi connectivity index (χ0n) is 14.1. The summed E-state index contributed by atoms with van der Waals surface area (Å²) in [5.74, 6) is -1.00. The highest BCUT2D eigenvalue weighted by Crippen LogP contribution is 2.25. The molecule has 0 aromatic heterocycles. The van der Waals surface area contributed by atoms with Crippen LogP contribution in [0.2, 0.25) is 5.02 Å². The molecule has 26 heavy (non-hydrogen) atoms. The van der Waals surface area contributed by atoms with E-state index >= 15 is 0 Å². The molecule has 136 valence electrons. The van der Waals surface area contributed by atoms with E-state index in [0.717, 1.165) is 5.56 Å². The van der Waals surface area contributed by atoms with Crippen molar-refractivity contribution in [3.8, 4) is 5.75 Å². The van der Waals surface area contributed by atoms with Crippen LogP contribution in [0.3, 0.4) is 0 Å². The Balaban J connectivity index is 2.08. The number of benzene rings is 2. The smallest absolute Gasteiger partial charge is 0.335 e. The first kappa shape index (κ1) is 19.7. The van der Waals surface area contributed by atoms with Crippen LogP contribution in [-0.4, -0.2) is 28.7 Å². The van der Waals surface area contributed by atoms with E-state index in [2.05, 4.69) is 10.6 Å². The van der Waals surface area contributed by atoms with Gasteiger partial charge in [0.1, 0.15) is 5.75 Å². The monoisotopic (exact) mass is 392 g/mol. The summed E-state index contributed by atoms with van der Waals surface area (Å²) in [4.78, 5) is 23.4. The molecule has 0 aliphatic rings. The predicted octanol–water partition coefficient (Wildman–Crippen LogP) is 3.87. The van der Waals surface area contributed by atoms with Gasteiger partial charge < -0.3 is 15.2 Å². The van der Waals surface area contributed by atoms with E-state index in [0.29, 0.717) is 28.6 Å². The number of hydrogen-bond donors (Lipinski definition) is 3. The molecule has 1 amide bonds. The van der Waals surface area contributed by atoms with Gasteiger partial charge in [0.05, 0.1) is 17.2 Å². The quantitative estimate of drug-likeness (QED) is 0.669. The van der Waals surface area contributed by atoms with Crippen molar-refractivity contribution in [2.75, 3.05) is 11.9 Å². The van der Waals surface area contributed by atoms with E-state index in [9.17, 15) is 9.59 Å². The second-order valence-electron chi connectivity index (χ2n) is 5.32. The molecule has 0 fully saturated rings. The second-order valence-corrected chi connectivity index (χ2v) is 6.14. The maximum Gasteiger partial charge on any atom is 0.335 e. The van der Waals surface area contributed by atoms with Crippen molar-refractivity contribution >= 4 is 46.5 Å². The number of rotatable bonds is 5. The van der Waals surface area contributed by atoms with Crippen LogP contribution >= 0.6 is 23.8 Å². The average Bonchev–Trinajstić information content (AvgIpc) is 2.58. The molecule has 2 aromatic carbocycles. The van der Waals surface area contributed by atoms with Gasteiger partial charge in [-0.15, -0.1) is 0 Å². The molecule has 0 unspecified atom stereocenters. The van der Waals surface area contributed by atoms with Crippen LogP contribution in [0.4, 0.5) is 5.69 Å². The lowest BCUT2D eigenvalue weighted by atomic mass is 10.1. The van der Waals surface area contributed by atoms with Gasteiger partial charge >= 0.3 is 5.97 Å². The summed E-state index contributed by atoms with van der Waals surface area (Å²) in [6.07, 6.45) is 0. The molecule has 0 saturated heterocycles.